The van der Waals surface area contributed by atoms with E-state index in [1.54, 1.807) is 0 Å². The largest absolute Gasteiger partial charge is 0.395 e. The second-order valence-electron chi connectivity index (χ2n) is 10.5. The Morgan fingerprint density at radius 1 is 1.16 bits per heavy atom. The van der Waals surface area contributed by atoms with Gasteiger partial charge >= 0.3 is 6.18 Å². The number of carbonyl (C=O) groups excluding carboxylic acids is 1. The van der Waals surface area contributed by atoms with E-state index in [2.05, 4.69) is 16.4 Å². The van der Waals surface area contributed by atoms with Crippen molar-refractivity contribution in [1.29, 1.82) is 5.26 Å². The maximum Gasteiger partial charge on any atom is 0.395 e. The van der Waals surface area contributed by atoms with E-state index >= 15 is 0 Å². The van der Waals surface area contributed by atoms with E-state index < -0.39 is 33.9 Å². The summed E-state index contributed by atoms with van der Waals surface area (Å²) >= 11 is 1.01. The molecule has 2 saturated carbocycles. The number of nitrogens with one attached hydrogen (secondary N) is 1. The van der Waals surface area contributed by atoms with Crippen LogP contribution in [0.5, 0.6) is 0 Å². The number of amides is 1. The molecule has 38 heavy (non-hydrogen) atoms. The van der Waals surface area contributed by atoms with Crippen LogP contribution in [0.1, 0.15) is 55.1 Å². The van der Waals surface area contributed by atoms with E-state index in [1.165, 1.54) is 0 Å². The summed E-state index contributed by atoms with van der Waals surface area (Å²) < 4.78 is 63.4. The highest BCUT2D eigenvalue weighted by Crippen LogP contribution is 2.45. The third kappa shape index (κ3) is 5.99. The van der Waals surface area contributed by atoms with Crippen LogP contribution in [0, 0.1) is 17.2 Å². The molecule has 7 nitrogen and oxygen atoms in total. The molecule has 204 valence electrons. The van der Waals surface area contributed by atoms with Crippen LogP contribution in [0.4, 0.5) is 18.9 Å². The second-order valence-corrected chi connectivity index (χ2v) is 13.9. The van der Waals surface area contributed by atoms with Crippen molar-refractivity contribution in [2.24, 2.45) is 5.92 Å². The van der Waals surface area contributed by atoms with Gasteiger partial charge in [-0.05, 0) is 43.4 Å². The predicted molar refractivity (Wildman–Crippen MR) is 139 cm³/mol. The predicted octanol–water partition coefficient (Wildman–Crippen LogP) is 4.60. The first-order valence-electron chi connectivity index (χ1n) is 12.8. The fourth-order valence-electron chi connectivity index (χ4n) is 5.37. The number of carbonyl (C=O) groups is 1. The Morgan fingerprint density at radius 3 is 2.42 bits per heavy atom. The van der Waals surface area contributed by atoms with Gasteiger partial charge in [0.25, 0.3) is 0 Å². The number of nitriles is 1. The van der Waals surface area contributed by atoms with Crippen LogP contribution >= 0.6 is 11.3 Å². The quantitative estimate of drug-likeness (QED) is 0.549. The summed E-state index contributed by atoms with van der Waals surface area (Å²) in [5.41, 5.74) is 1.29. The molecule has 2 aliphatic carbocycles. The van der Waals surface area contributed by atoms with Gasteiger partial charge in [-0.1, -0.05) is 25.0 Å². The van der Waals surface area contributed by atoms with E-state index in [0.29, 0.717) is 49.3 Å². The first-order valence-corrected chi connectivity index (χ1v) is 15.5. The standard InChI is InChI=1S/C26H29F3N4O3S2/c27-26(28,29)15-21-31-22(19-3-1-2-4-20(19)24(34)32-25(16-30)9-10-25)23(37-21)17-5-7-18(8-6-17)33-11-13-38(35,36)14-12-33/h5-8,19-20H,1-4,9-15H2,(H,32,34). The Labute approximate surface area is 224 Å². The van der Waals surface area contributed by atoms with Crippen LogP contribution in [0.15, 0.2) is 24.3 Å². The van der Waals surface area contributed by atoms with Crippen molar-refractivity contribution in [1.82, 2.24) is 10.3 Å². The normalized spacial score (nSPS) is 24.4. The van der Waals surface area contributed by atoms with E-state index in [4.69, 9.17) is 0 Å². The smallest absolute Gasteiger partial charge is 0.369 e. The second kappa shape index (κ2) is 10.2. The number of hydrogen-bond acceptors (Lipinski definition) is 7. The number of rotatable bonds is 6. The molecule has 3 fully saturated rings. The fraction of sp³-hybridized carbons (Fsp3) is 0.577. The molecule has 2 heterocycles. The van der Waals surface area contributed by atoms with Gasteiger partial charge in [-0.15, -0.1) is 11.3 Å². The van der Waals surface area contributed by atoms with E-state index in [-0.39, 0.29) is 28.3 Å². The van der Waals surface area contributed by atoms with Crippen LogP contribution in [0.2, 0.25) is 0 Å². The Balaban J connectivity index is 1.45. The molecule has 1 amide bonds. The lowest BCUT2D eigenvalue weighted by Gasteiger charge is -2.31. The SMILES string of the molecule is N#CC1(NC(=O)C2CCCCC2c2nc(CC(F)(F)F)sc2-c2ccc(N3CCS(=O)(=O)CC3)cc2)CC1. The molecule has 3 aliphatic rings. The van der Waals surface area contributed by atoms with Crippen molar-refractivity contribution in [3.8, 4) is 16.5 Å². The first-order chi connectivity index (χ1) is 18.0. The monoisotopic (exact) mass is 566 g/mol. The molecule has 1 N–H and O–H groups in total. The molecule has 2 unspecified atom stereocenters. The highest BCUT2D eigenvalue weighted by Gasteiger charge is 2.47. The molecule has 1 aromatic carbocycles. The van der Waals surface area contributed by atoms with Gasteiger partial charge in [0.15, 0.2) is 9.84 Å². The van der Waals surface area contributed by atoms with Crippen LogP contribution in [0.3, 0.4) is 0 Å². The lowest BCUT2D eigenvalue weighted by molar-refractivity contribution is -0.128. The highest BCUT2D eigenvalue weighted by molar-refractivity contribution is 7.91. The first kappa shape index (κ1) is 26.9. The van der Waals surface area contributed by atoms with Crippen molar-refractivity contribution in [2.75, 3.05) is 29.5 Å². The fourth-order valence-corrected chi connectivity index (χ4v) is 7.74. The Kier molecular flexibility index (Phi) is 7.20. The number of hydrogen-bond donors (Lipinski definition) is 1. The van der Waals surface area contributed by atoms with Gasteiger partial charge in [-0.25, -0.2) is 13.4 Å². The molecule has 0 spiro atoms. The third-order valence-electron chi connectivity index (χ3n) is 7.67. The number of halogens is 3. The summed E-state index contributed by atoms with van der Waals surface area (Å²) in [5.74, 6) is -0.831. The summed E-state index contributed by atoms with van der Waals surface area (Å²) in [4.78, 5) is 20.3. The number of anilines is 1. The maximum absolute atomic E-state index is 13.3. The average molecular weight is 567 g/mol. The minimum absolute atomic E-state index is 0.0340. The van der Waals surface area contributed by atoms with E-state index in [9.17, 15) is 31.6 Å². The lowest BCUT2D eigenvalue weighted by atomic mass is 9.76. The van der Waals surface area contributed by atoms with Crippen molar-refractivity contribution in [3.05, 3.63) is 35.0 Å². The van der Waals surface area contributed by atoms with Crippen LogP contribution < -0.4 is 10.2 Å². The Bertz CT molecular complexity index is 1330. The molecule has 2 aromatic rings. The number of alkyl halides is 3. The molecule has 1 saturated heterocycles. The summed E-state index contributed by atoms with van der Waals surface area (Å²) in [6.45, 7) is 0.790. The van der Waals surface area contributed by atoms with Crippen molar-refractivity contribution < 1.29 is 26.4 Å². The number of benzene rings is 1. The Hall–Kier alpha value is -2.65. The molecule has 1 aromatic heterocycles. The highest BCUT2D eigenvalue weighted by atomic mass is 32.2. The van der Waals surface area contributed by atoms with Crippen LogP contribution in [-0.4, -0.2) is 55.6 Å². The molecule has 1 aliphatic heterocycles. The number of nitrogens with zero attached hydrogens (tertiary/aromatic N) is 3. The zero-order valence-corrected chi connectivity index (χ0v) is 22.4. The summed E-state index contributed by atoms with van der Waals surface area (Å²) in [6.07, 6.45) is -1.39. The zero-order chi connectivity index (χ0) is 27.1. The number of sulfone groups is 1. The third-order valence-corrected chi connectivity index (χ3v) is 10.4. The zero-order valence-electron chi connectivity index (χ0n) is 20.8. The molecular formula is C26H29F3N4O3S2. The number of thiazole rings is 1. The van der Waals surface area contributed by atoms with Crippen LogP contribution in [-0.2, 0) is 21.1 Å². The van der Waals surface area contributed by atoms with Gasteiger partial charge in [0.1, 0.15) is 10.5 Å². The summed E-state index contributed by atoms with van der Waals surface area (Å²) in [7, 11) is -3.02. The van der Waals surface area contributed by atoms with Gasteiger partial charge in [-0.3, -0.25) is 4.79 Å². The summed E-state index contributed by atoms with van der Waals surface area (Å²) in [6, 6.07) is 9.55. The van der Waals surface area contributed by atoms with Crippen molar-refractivity contribution >= 4 is 32.8 Å². The number of aromatic nitrogens is 1. The minimum atomic E-state index is -4.40. The molecule has 0 radical (unpaired) electrons. The van der Waals surface area contributed by atoms with E-state index in [1.807, 2.05) is 29.2 Å². The van der Waals surface area contributed by atoms with Crippen LogP contribution in [0.25, 0.3) is 10.4 Å². The minimum Gasteiger partial charge on any atom is -0.369 e. The van der Waals surface area contributed by atoms with E-state index in [0.717, 1.165) is 35.4 Å². The molecule has 12 heteroatoms. The average Bonchev–Trinajstić information content (AvgIpc) is 3.53. The summed E-state index contributed by atoms with van der Waals surface area (Å²) in [5, 5.41) is 12.3. The van der Waals surface area contributed by atoms with Gasteiger partial charge in [0.2, 0.25) is 5.91 Å². The van der Waals surface area contributed by atoms with Gasteiger partial charge in [-0.2, -0.15) is 18.4 Å². The lowest BCUT2D eigenvalue weighted by Crippen LogP contribution is -2.42. The van der Waals surface area contributed by atoms with Gasteiger partial charge in [0.05, 0.1) is 34.6 Å². The topological polar surface area (TPSA) is 103 Å². The molecular weight excluding hydrogens is 537 g/mol. The van der Waals surface area contributed by atoms with Crippen molar-refractivity contribution in [3.63, 3.8) is 0 Å². The Morgan fingerprint density at radius 2 is 1.82 bits per heavy atom. The van der Waals surface area contributed by atoms with Gasteiger partial charge < -0.3 is 10.2 Å². The van der Waals surface area contributed by atoms with Crippen molar-refractivity contribution in [2.45, 2.75) is 62.6 Å². The van der Waals surface area contributed by atoms with Gasteiger partial charge in [0, 0.05) is 30.6 Å². The molecule has 2 atom stereocenters. The molecule has 0 bridgehead atoms. The molecule has 5 rings (SSSR count). The maximum atomic E-state index is 13.3.